The zero-order chi connectivity index (χ0) is 10.1. The van der Waals surface area contributed by atoms with Crippen molar-refractivity contribution in [3.8, 4) is 0 Å². The van der Waals surface area contributed by atoms with Gasteiger partial charge in [-0.15, -0.1) is 0 Å². The van der Waals surface area contributed by atoms with E-state index in [9.17, 15) is 4.79 Å². The number of hydrogen-bond acceptors (Lipinski definition) is 6. The molecule has 1 unspecified atom stereocenters. The quantitative estimate of drug-likeness (QED) is 0.279. The minimum Gasteiger partial charge on any atom is -0.462 e. The third-order valence-electron chi connectivity index (χ3n) is 1.21. The van der Waals surface area contributed by atoms with Crippen LogP contribution in [0.25, 0.3) is 0 Å². The summed E-state index contributed by atoms with van der Waals surface area (Å²) < 4.78 is 9.58. The van der Waals surface area contributed by atoms with Crippen LogP contribution in [0.2, 0.25) is 0 Å². The normalized spacial score (nSPS) is 12.5. The van der Waals surface area contributed by atoms with Gasteiger partial charge in [-0.05, 0) is 0 Å². The molecule has 13 heavy (non-hydrogen) atoms. The van der Waals surface area contributed by atoms with Crippen molar-refractivity contribution in [3.05, 3.63) is 0 Å². The molecule has 0 aliphatic carbocycles. The summed E-state index contributed by atoms with van der Waals surface area (Å²) in [4.78, 5) is 10.9. The number of thiol groups is 1. The van der Waals surface area contributed by atoms with Gasteiger partial charge in [0.2, 0.25) is 0 Å². The molecule has 6 heteroatoms. The molecule has 78 valence electrons. The largest absolute Gasteiger partial charge is 0.462 e. The van der Waals surface area contributed by atoms with Gasteiger partial charge >= 0.3 is 5.97 Å². The number of aliphatic hydroxyl groups excluding tert-OH is 1. The van der Waals surface area contributed by atoms with Gasteiger partial charge in [0.05, 0.1) is 19.8 Å². The fourth-order valence-electron chi connectivity index (χ4n) is 0.549. The Bertz CT molecular complexity index is 144. The topological polar surface area (TPSA) is 81.8 Å². The van der Waals surface area contributed by atoms with Gasteiger partial charge in [0.1, 0.15) is 12.6 Å². The van der Waals surface area contributed by atoms with Gasteiger partial charge in [-0.3, -0.25) is 4.79 Å². The van der Waals surface area contributed by atoms with Crippen LogP contribution in [0, 0.1) is 0 Å². The van der Waals surface area contributed by atoms with Crippen LogP contribution in [-0.2, 0) is 14.3 Å². The summed E-state index contributed by atoms with van der Waals surface area (Å²) in [6.07, 6.45) is 0. The van der Waals surface area contributed by atoms with Crippen LogP contribution in [0.4, 0.5) is 0 Å². The van der Waals surface area contributed by atoms with Gasteiger partial charge in [-0.2, -0.15) is 12.6 Å². The third kappa shape index (κ3) is 6.83. The van der Waals surface area contributed by atoms with E-state index < -0.39 is 12.0 Å². The Morgan fingerprint density at radius 2 is 2.15 bits per heavy atom. The molecular formula is C7H15NO4S. The first-order valence-corrected chi connectivity index (χ1v) is 4.57. The first-order valence-electron chi connectivity index (χ1n) is 3.94. The highest BCUT2D eigenvalue weighted by molar-refractivity contribution is 7.80. The predicted molar refractivity (Wildman–Crippen MR) is 50.7 cm³/mol. The lowest BCUT2D eigenvalue weighted by atomic mass is 10.4. The van der Waals surface area contributed by atoms with E-state index >= 15 is 0 Å². The summed E-state index contributed by atoms with van der Waals surface area (Å²) >= 11 is 3.84. The molecule has 0 aliphatic heterocycles. The minimum atomic E-state index is -0.679. The first-order chi connectivity index (χ1) is 6.22. The van der Waals surface area contributed by atoms with Crippen molar-refractivity contribution in [2.24, 2.45) is 5.73 Å². The molecule has 0 saturated heterocycles. The number of aliphatic hydroxyl groups is 1. The Morgan fingerprint density at radius 3 is 2.69 bits per heavy atom. The number of nitrogens with two attached hydrogens (primary N) is 1. The fourth-order valence-corrected chi connectivity index (χ4v) is 0.698. The van der Waals surface area contributed by atoms with Crippen LogP contribution in [0.1, 0.15) is 0 Å². The molecule has 0 bridgehead atoms. The average Bonchev–Trinajstić information content (AvgIpc) is 2.16. The van der Waals surface area contributed by atoms with Crippen molar-refractivity contribution >= 4 is 18.6 Å². The fraction of sp³-hybridized carbons (Fsp3) is 0.857. The van der Waals surface area contributed by atoms with E-state index in [1.807, 2.05) is 0 Å². The molecule has 0 aliphatic rings. The molecule has 0 aromatic heterocycles. The van der Waals surface area contributed by atoms with Crippen LogP contribution in [0.15, 0.2) is 0 Å². The van der Waals surface area contributed by atoms with Crippen molar-refractivity contribution in [1.29, 1.82) is 0 Å². The standard InChI is InChI=1S/C7H15NO4S/c8-6(5-13)7(10)12-4-3-11-2-1-9/h6,9,13H,1-5,8H2. The predicted octanol–water partition coefficient (Wildman–Crippen LogP) is -1.20. The third-order valence-corrected chi connectivity index (χ3v) is 1.60. The van der Waals surface area contributed by atoms with Gasteiger partial charge in [-0.1, -0.05) is 0 Å². The van der Waals surface area contributed by atoms with Gasteiger partial charge < -0.3 is 20.3 Å². The first kappa shape index (κ1) is 12.7. The molecule has 0 heterocycles. The molecule has 0 spiro atoms. The Kier molecular flexibility index (Phi) is 8.11. The maximum atomic E-state index is 10.9. The van der Waals surface area contributed by atoms with E-state index in [4.69, 9.17) is 20.3 Å². The lowest BCUT2D eigenvalue weighted by Crippen LogP contribution is -2.34. The zero-order valence-corrected chi connectivity index (χ0v) is 8.20. The highest BCUT2D eigenvalue weighted by atomic mass is 32.1. The Labute approximate surface area is 82.6 Å². The number of carbonyl (C=O) groups excluding carboxylic acids is 1. The van der Waals surface area contributed by atoms with Crippen LogP contribution in [0.5, 0.6) is 0 Å². The van der Waals surface area contributed by atoms with Gasteiger partial charge in [0, 0.05) is 5.75 Å². The van der Waals surface area contributed by atoms with Crippen molar-refractivity contribution < 1.29 is 19.4 Å². The molecule has 3 N–H and O–H groups in total. The zero-order valence-electron chi connectivity index (χ0n) is 7.31. The summed E-state index contributed by atoms with van der Waals surface area (Å²) in [7, 11) is 0. The SMILES string of the molecule is NC(CS)C(=O)OCCOCCO. The number of ether oxygens (including phenoxy) is 2. The maximum absolute atomic E-state index is 10.9. The highest BCUT2D eigenvalue weighted by Gasteiger charge is 2.11. The van der Waals surface area contributed by atoms with Crippen molar-refractivity contribution in [3.63, 3.8) is 0 Å². The molecule has 0 aromatic carbocycles. The summed E-state index contributed by atoms with van der Waals surface area (Å²) in [5, 5.41) is 8.34. The molecule has 0 radical (unpaired) electrons. The van der Waals surface area contributed by atoms with Gasteiger partial charge in [-0.25, -0.2) is 0 Å². The van der Waals surface area contributed by atoms with E-state index in [1.165, 1.54) is 0 Å². The highest BCUT2D eigenvalue weighted by Crippen LogP contribution is 1.88. The van der Waals surface area contributed by atoms with Crippen molar-refractivity contribution in [2.75, 3.05) is 32.2 Å². The van der Waals surface area contributed by atoms with E-state index in [1.54, 1.807) is 0 Å². The second-order valence-electron chi connectivity index (χ2n) is 2.29. The average molecular weight is 209 g/mol. The summed E-state index contributed by atoms with van der Waals surface area (Å²) in [6, 6.07) is -0.679. The summed E-state index contributed by atoms with van der Waals surface area (Å²) in [6.45, 7) is 0.631. The summed E-state index contributed by atoms with van der Waals surface area (Å²) in [5.41, 5.74) is 5.33. The number of carbonyl (C=O) groups is 1. The maximum Gasteiger partial charge on any atom is 0.323 e. The van der Waals surface area contributed by atoms with Crippen LogP contribution in [0.3, 0.4) is 0 Å². The van der Waals surface area contributed by atoms with Crippen LogP contribution in [-0.4, -0.2) is 49.3 Å². The molecule has 5 nitrogen and oxygen atoms in total. The van der Waals surface area contributed by atoms with Crippen molar-refractivity contribution in [2.45, 2.75) is 6.04 Å². The van der Waals surface area contributed by atoms with Crippen LogP contribution >= 0.6 is 12.6 Å². The van der Waals surface area contributed by atoms with Gasteiger partial charge in [0.15, 0.2) is 0 Å². The molecule has 0 rings (SSSR count). The smallest absolute Gasteiger partial charge is 0.323 e. The Hall–Kier alpha value is -0.300. The van der Waals surface area contributed by atoms with Crippen LogP contribution < -0.4 is 5.73 Å². The van der Waals surface area contributed by atoms with E-state index in [0.717, 1.165) is 0 Å². The molecule has 1 atom stereocenters. The van der Waals surface area contributed by atoms with Gasteiger partial charge in [0.25, 0.3) is 0 Å². The number of rotatable bonds is 7. The second-order valence-corrected chi connectivity index (χ2v) is 2.66. The molecule has 0 aromatic rings. The molecular weight excluding hydrogens is 194 g/mol. The molecule has 0 fully saturated rings. The lowest BCUT2D eigenvalue weighted by Gasteiger charge is -2.08. The second kappa shape index (κ2) is 8.31. The Morgan fingerprint density at radius 1 is 1.46 bits per heavy atom. The number of hydrogen-bond donors (Lipinski definition) is 3. The van der Waals surface area contributed by atoms with E-state index in [0.29, 0.717) is 0 Å². The summed E-state index contributed by atoms with van der Waals surface area (Å²) in [5.74, 6) is -0.223. The minimum absolute atomic E-state index is 0.0376. The van der Waals surface area contributed by atoms with Crippen molar-refractivity contribution in [1.82, 2.24) is 0 Å². The molecule has 0 amide bonds. The molecule has 0 saturated carbocycles. The van der Waals surface area contributed by atoms with E-state index in [2.05, 4.69) is 12.6 Å². The van der Waals surface area contributed by atoms with E-state index in [-0.39, 0.29) is 32.2 Å². The lowest BCUT2D eigenvalue weighted by molar-refractivity contribution is -0.146. The monoisotopic (exact) mass is 209 g/mol. The number of esters is 1. The Balaban J connectivity index is 3.27.